The van der Waals surface area contributed by atoms with E-state index >= 15 is 0 Å². The molecule has 0 unspecified atom stereocenters. The fourth-order valence-corrected chi connectivity index (χ4v) is 4.01. The second-order valence-electron chi connectivity index (χ2n) is 7.36. The summed E-state index contributed by atoms with van der Waals surface area (Å²) in [7, 11) is 0. The van der Waals surface area contributed by atoms with Gasteiger partial charge >= 0.3 is 5.97 Å². The third-order valence-electron chi connectivity index (χ3n) is 5.15. The highest BCUT2D eigenvalue weighted by molar-refractivity contribution is 6.49. The van der Waals surface area contributed by atoms with Crippen molar-refractivity contribution >= 4 is 52.1 Å². The van der Waals surface area contributed by atoms with Crippen LogP contribution in [0.5, 0.6) is 0 Å². The Bertz CT molecular complexity index is 1380. The molecule has 9 heteroatoms. The van der Waals surface area contributed by atoms with Crippen molar-refractivity contribution in [1.82, 2.24) is 9.38 Å². The molecule has 0 saturated heterocycles. The maximum absolute atomic E-state index is 13.1. The topological polar surface area (TPSA) is 89.8 Å². The van der Waals surface area contributed by atoms with E-state index in [1.54, 1.807) is 37.3 Å². The van der Waals surface area contributed by atoms with E-state index in [0.29, 0.717) is 24.1 Å². The molecule has 0 aliphatic heterocycles. The third kappa shape index (κ3) is 4.81. The van der Waals surface area contributed by atoms with Crippen LogP contribution in [0.3, 0.4) is 0 Å². The number of carbonyl (C=O) groups excluding carboxylic acids is 3. The fraction of sp³-hybridized carbons (Fsp3) is 0.120. The van der Waals surface area contributed by atoms with Gasteiger partial charge in [-0.15, -0.1) is 0 Å². The number of ketones is 1. The van der Waals surface area contributed by atoms with Gasteiger partial charge in [0, 0.05) is 30.7 Å². The maximum atomic E-state index is 13.1. The summed E-state index contributed by atoms with van der Waals surface area (Å²) in [4.78, 5) is 41.5. The summed E-state index contributed by atoms with van der Waals surface area (Å²) in [5.74, 6) is -1.97. The van der Waals surface area contributed by atoms with Gasteiger partial charge in [-0.25, -0.2) is 4.79 Å². The molecule has 0 bridgehead atoms. The highest BCUT2D eigenvalue weighted by Gasteiger charge is 2.23. The molecule has 34 heavy (non-hydrogen) atoms. The number of fused-ring (bicyclic) bond motifs is 1. The summed E-state index contributed by atoms with van der Waals surface area (Å²) in [6.07, 6.45) is 4.95. The predicted molar refractivity (Wildman–Crippen MR) is 130 cm³/mol. The van der Waals surface area contributed by atoms with Gasteiger partial charge in [0.25, 0.3) is 11.7 Å². The normalized spacial score (nSPS) is 10.8. The Morgan fingerprint density at radius 3 is 2.41 bits per heavy atom. The fourth-order valence-electron chi connectivity index (χ4n) is 3.55. The number of halogens is 2. The van der Waals surface area contributed by atoms with Crippen LogP contribution in [0, 0.1) is 0 Å². The SMILES string of the molecule is CCOC(=O)c1ccc(Cc2cc(C(=O)C(=O)Nc3c(Cl)cncc3Cl)c3ccccn23)cc1. The minimum atomic E-state index is -0.864. The number of hydrogen-bond donors (Lipinski definition) is 1. The minimum Gasteiger partial charge on any atom is -0.462 e. The molecule has 0 saturated carbocycles. The van der Waals surface area contributed by atoms with Crippen molar-refractivity contribution in [2.75, 3.05) is 11.9 Å². The molecule has 0 radical (unpaired) electrons. The van der Waals surface area contributed by atoms with Crippen molar-refractivity contribution in [3.05, 3.63) is 99.6 Å². The number of pyridine rings is 2. The van der Waals surface area contributed by atoms with Crippen LogP contribution in [0.15, 0.2) is 67.1 Å². The van der Waals surface area contributed by atoms with Crippen LogP contribution in [0.4, 0.5) is 5.69 Å². The number of anilines is 1. The van der Waals surface area contributed by atoms with E-state index in [1.807, 2.05) is 28.8 Å². The van der Waals surface area contributed by atoms with Gasteiger partial charge in [0.05, 0.1) is 39.0 Å². The lowest BCUT2D eigenvalue weighted by atomic mass is 10.1. The van der Waals surface area contributed by atoms with Gasteiger partial charge in [0.15, 0.2) is 0 Å². The Hall–Kier alpha value is -3.68. The second kappa shape index (κ2) is 10.1. The zero-order valence-corrected chi connectivity index (χ0v) is 19.6. The molecule has 0 aliphatic carbocycles. The van der Waals surface area contributed by atoms with Gasteiger partial charge < -0.3 is 14.5 Å². The first-order valence-electron chi connectivity index (χ1n) is 10.4. The largest absolute Gasteiger partial charge is 0.462 e. The summed E-state index contributed by atoms with van der Waals surface area (Å²) in [6.45, 7) is 2.06. The molecule has 4 aromatic rings. The zero-order valence-electron chi connectivity index (χ0n) is 18.0. The first kappa shape index (κ1) is 23.5. The van der Waals surface area contributed by atoms with Gasteiger partial charge in [0.1, 0.15) is 0 Å². The van der Waals surface area contributed by atoms with E-state index in [0.717, 1.165) is 11.3 Å². The number of Topliss-reactive ketones (excluding diaryl/α,β-unsaturated/α-hetero) is 1. The molecule has 7 nitrogen and oxygen atoms in total. The number of benzene rings is 1. The van der Waals surface area contributed by atoms with Gasteiger partial charge in [-0.2, -0.15) is 0 Å². The van der Waals surface area contributed by atoms with E-state index < -0.39 is 11.7 Å². The van der Waals surface area contributed by atoms with Gasteiger partial charge in [-0.05, 0) is 42.8 Å². The highest BCUT2D eigenvalue weighted by Crippen LogP contribution is 2.29. The van der Waals surface area contributed by atoms with Crippen LogP contribution in [0.2, 0.25) is 10.0 Å². The zero-order chi connectivity index (χ0) is 24.2. The van der Waals surface area contributed by atoms with Crippen molar-refractivity contribution in [3.63, 3.8) is 0 Å². The summed E-state index contributed by atoms with van der Waals surface area (Å²) in [5, 5.41) is 2.74. The number of amides is 1. The number of hydrogen-bond acceptors (Lipinski definition) is 5. The molecule has 0 spiro atoms. The molecule has 3 heterocycles. The van der Waals surface area contributed by atoms with Crippen LogP contribution in [0.25, 0.3) is 5.52 Å². The van der Waals surface area contributed by atoms with Gasteiger partial charge in [0.2, 0.25) is 0 Å². The minimum absolute atomic E-state index is 0.127. The molecule has 172 valence electrons. The Balaban J connectivity index is 1.61. The van der Waals surface area contributed by atoms with Gasteiger partial charge in [-0.3, -0.25) is 14.6 Å². The number of esters is 1. The van der Waals surface area contributed by atoms with Crippen molar-refractivity contribution in [2.45, 2.75) is 13.3 Å². The van der Waals surface area contributed by atoms with Crippen molar-refractivity contribution in [2.24, 2.45) is 0 Å². The molecule has 1 N–H and O–H groups in total. The van der Waals surface area contributed by atoms with Crippen LogP contribution in [-0.4, -0.2) is 33.7 Å². The molecule has 0 aliphatic rings. The van der Waals surface area contributed by atoms with Gasteiger partial charge in [-0.1, -0.05) is 41.4 Å². The maximum Gasteiger partial charge on any atom is 0.338 e. The molecule has 1 amide bonds. The van der Waals surface area contributed by atoms with Crippen molar-refractivity contribution < 1.29 is 19.1 Å². The number of nitrogens with zero attached hydrogens (tertiary/aromatic N) is 2. The Labute approximate surface area is 205 Å². The molecule has 4 rings (SSSR count). The summed E-state index contributed by atoms with van der Waals surface area (Å²) < 4.78 is 6.87. The van der Waals surface area contributed by atoms with E-state index in [9.17, 15) is 14.4 Å². The van der Waals surface area contributed by atoms with Crippen molar-refractivity contribution in [3.8, 4) is 0 Å². The smallest absolute Gasteiger partial charge is 0.338 e. The standard InChI is InChI=1S/C25H19Cl2N3O4/c1-2-34-25(33)16-8-6-15(7-9-16)11-17-12-18(21-5-3-4-10-30(17)21)23(31)24(32)29-22-19(26)13-28-14-20(22)27/h3-10,12-14H,2,11H2,1H3,(H,28,29,32). The summed E-state index contributed by atoms with van der Waals surface area (Å²) in [6, 6.07) is 14.1. The van der Waals surface area contributed by atoms with E-state index in [4.69, 9.17) is 27.9 Å². The quantitative estimate of drug-likeness (QED) is 0.215. The third-order valence-corrected chi connectivity index (χ3v) is 5.72. The predicted octanol–water partition coefficient (Wildman–Crippen LogP) is 5.23. The second-order valence-corrected chi connectivity index (χ2v) is 8.18. The molecular weight excluding hydrogens is 477 g/mol. The number of ether oxygens (including phenoxy) is 1. The molecule has 0 fully saturated rings. The Morgan fingerprint density at radius 2 is 1.74 bits per heavy atom. The van der Waals surface area contributed by atoms with Crippen LogP contribution >= 0.6 is 23.2 Å². The molecule has 1 aromatic carbocycles. The molecule has 3 aromatic heterocycles. The number of nitrogens with one attached hydrogen (secondary N) is 1. The molecule has 0 atom stereocenters. The average Bonchev–Trinajstić information content (AvgIpc) is 3.20. The lowest BCUT2D eigenvalue weighted by molar-refractivity contribution is -0.112. The summed E-state index contributed by atoms with van der Waals surface area (Å²) >= 11 is 12.1. The lowest BCUT2D eigenvalue weighted by Crippen LogP contribution is -2.23. The lowest BCUT2D eigenvalue weighted by Gasteiger charge is -2.07. The number of rotatable bonds is 7. The average molecular weight is 496 g/mol. The monoisotopic (exact) mass is 495 g/mol. The van der Waals surface area contributed by atoms with Crippen LogP contribution in [0.1, 0.15) is 38.9 Å². The van der Waals surface area contributed by atoms with E-state index in [2.05, 4.69) is 10.3 Å². The summed E-state index contributed by atoms with van der Waals surface area (Å²) in [5.41, 5.74) is 3.16. The first-order chi connectivity index (χ1) is 16.4. The first-order valence-corrected chi connectivity index (χ1v) is 11.1. The Morgan fingerprint density at radius 1 is 1.03 bits per heavy atom. The molecular formula is C25H19Cl2N3O4. The van der Waals surface area contributed by atoms with Crippen LogP contribution in [-0.2, 0) is 16.0 Å². The van der Waals surface area contributed by atoms with E-state index in [-0.39, 0.29) is 27.3 Å². The Kier molecular flexibility index (Phi) is 6.95. The van der Waals surface area contributed by atoms with Crippen molar-refractivity contribution in [1.29, 1.82) is 0 Å². The van der Waals surface area contributed by atoms with E-state index in [1.165, 1.54) is 12.4 Å². The number of aromatic nitrogens is 2. The van der Waals surface area contributed by atoms with Crippen LogP contribution < -0.4 is 5.32 Å². The highest BCUT2D eigenvalue weighted by atomic mass is 35.5. The number of carbonyl (C=O) groups is 3.